The number of nitrogens with zero attached hydrogens (tertiary/aromatic N) is 5. The van der Waals surface area contributed by atoms with Gasteiger partial charge in [-0.05, 0) is 19.1 Å². The summed E-state index contributed by atoms with van der Waals surface area (Å²) in [5.74, 6) is 2.87. The van der Waals surface area contributed by atoms with Gasteiger partial charge in [-0.1, -0.05) is 16.9 Å². The summed E-state index contributed by atoms with van der Waals surface area (Å²) >= 11 is 1.60. The first-order valence-corrected chi connectivity index (χ1v) is 9.22. The molecule has 0 bridgehead atoms. The maximum Gasteiger partial charge on any atom is 0.228 e. The second-order valence-corrected chi connectivity index (χ2v) is 6.52. The molecule has 0 saturated carbocycles. The van der Waals surface area contributed by atoms with E-state index < -0.39 is 0 Å². The normalized spacial score (nSPS) is 15.0. The molecule has 25 heavy (non-hydrogen) atoms. The van der Waals surface area contributed by atoms with Crippen LogP contribution in [-0.4, -0.2) is 46.2 Å². The zero-order valence-corrected chi connectivity index (χ0v) is 14.7. The minimum Gasteiger partial charge on any atom is -0.461 e. The molecule has 9 heteroatoms. The molecule has 132 valence electrons. The van der Waals surface area contributed by atoms with E-state index in [0.717, 1.165) is 49.6 Å². The lowest BCUT2D eigenvalue weighted by Gasteiger charge is -2.27. The second-order valence-electron chi connectivity index (χ2n) is 5.57. The van der Waals surface area contributed by atoms with E-state index in [0.29, 0.717) is 17.3 Å². The molecule has 0 N–H and O–H groups in total. The Hall–Kier alpha value is -2.26. The summed E-state index contributed by atoms with van der Waals surface area (Å²) in [5.41, 5.74) is 0.843. The molecule has 0 spiro atoms. The van der Waals surface area contributed by atoms with Crippen molar-refractivity contribution < 1.29 is 13.7 Å². The van der Waals surface area contributed by atoms with Crippen molar-refractivity contribution in [3.63, 3.8) is 0 Å². The van der Waals surface area contributed by atoms with E-state index in [2.05, 4.69) is 31.7 Å². The van der Waals surface area contributed by atoms with Gasteiger partial charge in [-0.3, -0.25) is 4.57 Å². The molecule has 1 aliphatic heterocycles. The highest BCUT2D eigenvalue weighted by atomic mass is 32.2. The van der Waals surface area contributed by atoms with E-state index >= 15 is 0 Å². The Balaban J connectivity index is 1.45. The van der Waals surface area contributed by atoms with Gasteiger partial charge < -0.3 is 18.6 Å². The molecule has 1 aliphatic rings. The van der Waals surface area contributed by atoms with Crippen LogP contribution in [-0.2, 0) is 17.0 Å². The molecule has 4 rings (SSSR count). The van der Waals surface area contributed by atoms with E-state index in [1.54, 1.807) is 18.0 Å². The van der Waals surface area contributed by atoms with Crippen LogP contribution in [0, 0.1) is 0 Å². The van der Waals surface area contributed by atoms with Gasteiger partial charge in [0.2, 0.25) is 11.7 Å². The second kappa shape index (κ2) is 7.32. The first kappa shape index (κ1) is 16.2. The van der Waals surface area contributed by atoms with Crippen LogP contribution in [0.25, 0.3) is 11.5 Å². The SMILES string of the molecule is CCn1c(SCc2cc(-c3ccco3)on2)nnc1N1CCOCC1. The van der Waals surface area contributed by atoms with Crippen LogP contribution >= 0.6 is 11.8 Å². The molecule has 0 atom stereocenters. The van der Waals surface area contributed by atoms with Crippen LogP contribution in [0.1, 0.15) is 12.6 Å². The third-order valence-corrected chi connectivity index (χ3v) is 4.98. The van der Waals surface area contributed by atoms with Gasteiger partial charge in [0.1, 0.15) is 0 Å². The molecule has 8 nitrogen and oxygen atoms in total. The molecular formula is C16H19N5O3S. The van der Waals surface area contributed by atoms with Crippen LogP contribution in [0.2, 0.25) is 0 Å². The van der Waals surface area contributed by atoms with E-state index in [-0.39, 0.29) is 0 Å². The number of anilines is 1. The van der Waals surface area contributed by atoms with E-state index in [4.69, 9.17) is 13.7 Å². The average molecular weight is 361 g/mol. The Morgan fingerprint density at radius 3 is 2.84 bits per heavy atom. The number of hydrogen-bond donors (Lipinski definition) is 0. The van der Waals surface area contributed by atoms with Crippen molar-refractivity contribution in [3.05, 3.63) is 30.2 Å². The molecular weight excluding hydrogens is 342 g/mol. The lowest BCUT2D eigenvalue weighted by Crippen LogP contribution is -2.38. The highest BCUT2D eigenvalue weighted by Crippen LogP contribution is 2.27. The van der Waals surface area contributed by atoms with E-state index in [1.807, 2.05) is 18.2 Å². The summed E-state index contributed by atoms with van der Waals surface area (Å²) in [7, 11) is 0. The van der Waals surface area contributed by atoms with Crippen LogP contribution in [0.4, 0.5) is 5.95 Å². The Kier molecular flexibility index (Phi) is 4.75. The lowest BCUT2D eigenvalue weighted by molar-refractivity contribution is 0.121. The molecule has 3 aromatic heterocycles. The fourth-order valence-electron chi connectivity index (χ4n) is 2.72. The van der Waals surface area contributed by atoms with Crippen LogP contribution < -0.4 is 4.90 Å². The highest BCUT2D eigenvalue weighted by molar-refractivity contribution is 7.98. The first-order valence-electron chi connectivity index (χ1n) is 8.23. The van der Waals surface area contributed by atoms with Gasteiger partial charge in [0.05, 0.1) is 25.2 Å². The zero-order valence-electron chi connectivity index (χ0n) is 13.9. The standard InChI is InChI=1S/C16H19N5O3S/c1-2-21-15(20-5-8-22-9-6-20)17-18-16(21)25-11-12-10-14(24-19-12)13-4-3-7-23-13/h3-4,7,10H,2,5-6,8-9,11H2,1H3. The van der Waals surface area contributed by atoms with Gasteiger partial charge in [-0.2, -0.15) is 0 Å². The van der Waals surface area contributed by atoms with Crippen molar-refractivity contribution in [2.24, 2.45) is 0 Å². The van der Waals surface area contributed by atoms with Crippen LogP contribution in [0.15, 0.2) is 38.6 Å². The van der Waals surface area contributed by atoms with Crippen molar-refractivity contribution in [2.45, 2.75) is 24.4 Å². The lowest BCUT2D eigenvalue weighted by atomic mass is 10.3. The molecule has 1 saturated heterocycles. The highest BCUT2D eigenvalue weighted by Gasteiger charge is 2.20. The minimum atomic E-state index is 0.631. The summed E-state index contributed by atoms with van der Waals surface area (Å²) in [6, 6.07) is 5.56. The quantitative estimate of drug-likeness (QED) is 0.620. The smallest absolute Gasteiger partial charge is 0.228 e. The zero-order chi connectivity index (χ0) is 17.1. The van der Waals surface area contributed by atoms with Gasteiger partial charge >= 0.3 is 0 Å². The average Bonchev–Trinajstić information content (AvgIpc) is 3.39. The number of thioether (sulfide) groups is 1. The third-order valence-electron chi connectivity index (χ3n) is 3.98. The third kappa shape index (κ3) is 3.42. The molecule has 4 heterocycles. The first-order chi connectivity index (χ1) is 12.3. The van der Waals surface area contributed by atoms with E-state index in [1.165, 1.54) is 0 Å². The van der Waals surface area contributed by atoms with E-state index in [9.17, 15) is 0 Å². The fraction of sp³-hybridized carbons (Fsp3) is 0.438. The Morgan fingerprint density at radius 1 is 1.20 bits per heavy atom. The number of morpholine rings is 1. The number of ether oxygens (including phenoxy) is 1. The van der Waals surface area contributed by atoms with Crippen LogP contribution in [0.5, 0.6) is 0 Å². The van der Waals surface area contributed by atoms with Gasteiger partial charge in [-0.15, -0.1) is 10.2 Å². The Bertz CT molecular complexity index is 808. The summed E-state index contributed by atoms with van der Waals surface area (Å²) in [4.78, 5) is 2.22. The molecule has 0 unspecified atom stereocenters. The largest absolute Gasteiger partial charge is 0.461 e. The maximum absolute atomic E-state index is 5.41. The van der Waals surface area contributed by atoms with Gasteiger partial charge in [0.25, 0.3) is 0 Å². The van der Waals surface area contributed by atoms with Gasteiger partial charge in [0.15, 0.2) is 10.9 Å². The summed E-state index contributed by atoms with van der Waals surface area (Å²) < 4.78 is 18.2. The Morgan fingerprint density at radius 2 is 2.08 bits per heavy atom. The summed E-state index contributed by atoms with van der Waals surface area (Å²) in [5, 5.41) is 13.7. The molecule has 1 fully saturated rings. The molecule has 3 aromatic rings. The Labute approximate surface area is 149 Å². The fourth-order valence-corrected chi connectivity index (χ4v) is 3.59. The monoisotopic (exact) mass is 361 g/mol. The maximum atomic E-state index is 5.41. The van der Waals surface area contributed by atoms with Crippen molar-refractivity contribution in [3.8, 4) is 11.5 Å². The number of aromatic nitrogens is 4. The summed E-state index contributed by atoms with van der Waals surface area (Å²) in [6.07, 6.45) is 1.61. The number of furan rings is 1. The van der Waals surface area contributed by atoms with Crippen molar-refractivity contribution >= 4 is 17.7 Å². The minimum absolute atomic E-state index is 0.631. The van der Waals surface area contributed by atoms with Crippen molar-refractivity contribution in [1.29, 1.82) is 0 Å². The van der Waals surface area contributed by atoms with Gasteiger partial charge in [0, 0.05) is 31.5 Å². The summed E-state index contributed by atoms with van der Waals surface area (Å²) in [6.45, 7) is 6.07. The van der Waals surface area contributed by atoms with Gasteiger partial charge in [-0.25, -0.2) is 0 Å². The predicted octanol–water partition coefficient (Wildman–Crippen LogP) is 2.67. The predicted molar refractivity (Wildman–Crippen MR) is 92.5 cm³/mol. The van der Waals surface area contributed by atoms with Crippen molar-refractivity contribution in [2.75, 3.05) is 31.2 Å². The molecule has 0 radical (unpaired) electrons. The number of rotatable bonds is 6. The van der Waals surface area contributed by atoms with Crippen LogP contribution in [0.3, 0.4) is 0 Å². The molecule has 0 aromatic carbocycles. The molecule has 0 amide bonds. The number of hydrogen-bond acceptors (Lipinski definition) is 8. The van der Waals surface area contributed by atoms with Crippen molar-refractivity contribution in [1.82, 2.24) is 19.9 Å². The topological polar surface area (TPSA) is 82.3 Å². The molecule has 0 aliphatic carbocycles.